The van der Waals surface area contributed by atoms with Crippen LogP contribution in [0.4, 0.5) is 5.69 Å². The van der Waals surface area contributed by atoms with Crippen molar-refractivity contribution in [1.29, 1.82) is 0 Å². The smallest absolute Gasteiger partial charge is 0.339 e. The molecule has 0 aliphatic heterocycles. The predicted molar refractivity (Wildman–Crippen MR) is 98.7 cm³/mol. The molecular formula is C21H19NO3. The summed E-state index contributed by atoms with van der Waals surface area (Å²) >= 11 is 0. The number of para-hydroxylation sites is 1. The standard InChI is InChI=1S/C21H19NO3/c1-15(20(23)22(2)17-11-4-3-5-12-17)25-21(24)19-14-8-10-16-9-6-7-13-18(16)19/h3-15H,1-2H3/t15-/m1/s1. The number of amides is 1. The molecule has 0 spiro atoms. The van der Waals surface area contributed by atoms with Gasteiger partial charge in [-0.05, 0) is 35.9 Å². The fourth-order valence-corrected chi connectivity index (χ4v) is 2.73. The van der Waals surface area contributed by atoms with E-state index in [1.807, 2.05) is 66.7 Å². The van der Waals surface area contributed by atoms with E-state index in [4.69, 9.17) is 4.74 Å². The van der Waals surface area contributed by atoms with Crippen LogP contribution in [-0.4, -0.2) is 25.0 Å². The summed E-state index contributed by atoms with van der Waals surface area (Å²) in [7, 11) is 1.67. The van der Waals surface area contributed by atoms with Gasteiger partial charge in [0.1, 0.15) is 0 Å². The molecule has 0 aromatic heterocycles. The molecule has 3 rings (SSSR count). The van der Waals surface area contributed by atoms with Crippen LogP contribution in [0.2, 0.25) is 0 Å². The number of hydrogen-bond acceptors (Lipinski definition) is 3. The van der Waals surface area contributed by atoms with Gasteiger partial charge in [0, 0.05) is 12.7 Å². The molecule has 0 aliphatic carbocycles. The van der Waals surface area contributed by atoms with Gasteiger partial charge >= 0.3 is 5.97 Å². The molecule has 4 nitrogen and oxygen atoms in total. The van der Waals surface area contributed by atoms with E-state index < -0.39 is 12.1 Å². The highest BCUT2D eigenvalue weighted by atomic mass is 16.5. The lowest BCUT2D eigenvalue weighted by molar-refractivity contribution is -0.126. The Morgan fingerprint density at radius 3 is 2.28 bits per heavy atom. The van der Waals surface area contributed by atoms with Gasteiger partial charge in [0.15, 0.2) is 6.10 Å². The van der Waals surface area contributed by atoms with E-state index in [9.17, 15) is 9.59 Å². The molecule has 0 radical (unpaired) electrons. The van der Waals surface area contributed by atoms with Crippen molar-refractivity contribution >= 4 is 28.3 Å². The Balaban J connectivity index is 1.77. The zero-order valence-corrected chi connectivity index (χ0v) is 14.2. The first-order valence-corrected chi connectivity index (χ1v) is 8.09. The van der Waals surface area contributed by atoms with Crippen molar-refractivity contribution in [1.82, 2.24) is 0 Å². The number of esters is 1. The molecule has 25 heavy (non-hydrogen) atoms. The summed E-state index contributed by atoms with van der Waals surface area (Å²) in [5, 5.41) is 1.77. The van der Waals surface area contributed by atoms with Crippen molar-refractivity contribution in [2.24, 2.45) is 0 Å². The summed E-state index contributed by atoms with van der Waals surface area (Å²) in [5.74, 6) is -0.779. The quantitative estimate of drug-likeness (QED) is 0.677. The minimum absolute atomic E-state index is 0.278. The van der Waals surface area contributed by atoms with Crippen LogP contribution in [0.25, 0.3) is 10.8 Å². The van der Waals surface area contributed by atoms with Crippen molar-refractivity contribution in [3.8, 4) is 0 Å². The molecule has 0 fully saturated rings. The second-order valence-corrected chi connectivity index (χ2v) is 5.81. The second kappa shape index (κ2) is 7.18. The number of nitrogens with zero attached hydrogens (tertiary/aromatic N) is 1. The Kier molecular flexibility index (Phi) is 4.80. The van der Waals surface area contributed by atoms with Gasteiger partial charge in [0.2, 0.25) is 0 Å². The first kappa shape index (κ1) is 16.7. The van der Waals surface area contributed by atoms with Crippen LogP contribution in [-0.2, 0) is 9.53 Å². The van der Waals surface area contributed by atoms with Crippen molar-refractivity contribution in [2.45, 2.75) is 13.0 Å². The van der Waals surface area contributed by atoms with Crippen LogP contribution >= 0.6 is 0 Å². The van der Waals surface area contributed by atoms with Crippen LogP contribution in [0.15, 0.2) is 72.8 Å². The minimum Gasteiger partial charge on any atom is -0.449 e. The summed E-state index contributed by atoms with van der Waals surface area (Å²) in [5.41, 5.74) is 1.21. The first-order chi connectivity index (χ1) is 12.1. The third-order valence-corrected chi connectivity index (χ3v) is 4.12. The van der Waals surface area contributed by atoms with Crippen LogP contribution in [0, 0.1) is 0 Å². The molecule has 126 valence electrons. The fraction of sp³-hybridized carbons (Fsp3) is 0.143. The van der Waals surface area contributed by atoms with E-state index in [1.165, 1.54) is 4.90 Å². The molecule has 0 aliphatic rings. The third-order valence-electron chi connectivity index (χ3n) is 4.12. The van der Waals surface area contributed by atoms with Crippen molar-refractivity contribution in [2.75, 3.05) is 11.9 Å². The van der Waals surface area contributed by atoms with Crippen molar-refractivity contribution in [3.05, 3.63) is 78.4 Å². The normalized spacial score (nSPS) is 11.8. The van der Waals surface area contributed by atoms with Crippen LogP contribution < -0.4 is 4.90 Å². The maximum absolute atomic E-state index is 12.5. The number of rotatable bonds is 4. The lowest BCUT2D eigenvalue weighted by Gasteiger charge is -2.21. The van der Waals surface area contributed by atoms with E-state index in [0.29, 0.717) is 5.56 Å². The molecule has 0 saturated heterocycles. The number of carbonyl (C=O) groups excluding carboxylic acids is 2. The van der Waals surface area contributed by atoms with Crippen LogP contribution in [0.3, 0.4) is 0 Å². The van der Waals surface area contributed by atoms with E-state index in [0.717, 1.165) is 16.5 Å². The highest BCUT2D eigenvalue weighted by Gasteiger charge is 2.23. The summed E-state index contributed by atoms with van der Waals surface area (Å²) in [4.78, 5) is 26.5. The van der Waals surface area contributed by atoms with Gasteiger partial charge < -0.3 is 9.64 Å². The second-order valence-electron chi connectivity index (χ2n) is 5.81. The number of anilines is 1. The zero-order chi connectivity index (χ0) is 17.8. The lowest BCUT2D eigenvalue weighted by atomic mass is 10.0. The number of likely N-dealkylation sites (N-methyl/N-ethyl adjacent to an activating group) is 1. The summed E-state index contributed by atoms with van der Waals surface area (Å²) in [6.07, 6.45) is -0.878. The maximum atomic E-state index is 12.5. The summed E-state index contributed by atoms with van der Waals surface area (Å²) < 4.78 is 5.42. The molecule has 3 aromatic rings. The largest absolute Gasteiger partial charge is 0.449 e. The monoisotopic (exact) mass is 333 g/mol. The number of fused-ring (bicyclic) bond motifs is 1. The minimum atomic E-state index is -0.878. The van der Waals surface area contributed by atoms with Crippen LogP contribution in [0.1, 0.15) is 17.3 Å². The van der Waals surface area contributed by atoms with Gasteiger partial charge in [-0.25, -0.2) is 4.79 Å². The van der Waals surface area contributed by atoms with Crippen molar-refractivity contribution < 1.29 is 14.3 Å². The van der Waals surface area contributed by atoms with Gasteiger partial charge in [0.05, 0.1) is 5.56 Å². The molecule has 0 bridgehead atoms. The van der Waals surface area contributed by atoms with Gasteiger partial charge in [-0.3, -0.25) is 4.79 Å². The van der Waals surface area contributed by atoms with Gasteiger partial charge in [0.25, 0.3) is 5.91 Å². The molecule has 0 N–H and O–H groups in total. The Morgan fingerprint density at radius 1 is 0.880 bits per heavy atom. The zero-order valence-electron chi connectivity index (χ0n) is 14.2. The van der Waals surface area contributed by atoms with Crippen LogP contribution in [0.5, 0.6) is 0 Å². The SMILES string of the molecule is C[C@@H](OC(=O)c1cccc2ccccc12)C(=O)N(C)c1ccccc1. The molecule has 0 heterocycles. The topological polar surface area (TPSA) is 46.6 Å². The molecule has 1 amide bonds. The Bertz CT molecular complexity index is 900. The van der Waals surface area contributed by atoms with E-state index in [2.05, 4.69) is 0 Å². The third kappa shape index (κ3) is 3.53. The van der Waals surface area contributed by atoms with Gasteiger partial charge in [-0.15, -0.1) is 0 Å². The van der Waals surface area contributed by atoms with Gasteiger partial charge in [-0.2, -0.15) is 0 Å². The number of carbonyl (C=O) groups is 2. The molecule has 0 saturated carbocycles. The average molecular weight is 333 g/mol. The van der Waals surface area contributed by atoms with E-state index in [1.54, 1.807) is 20.0 Å². The maximum Gasteiger partial charge on any atom is 0.339 e. The first-order valence-electron chi connectivity index (χ1n) is 8.09. The Morgan fingerprint density at radius 2 is 1.52 bits per heavy atom. The Labute approximate surface area is 146 Å². The molecule has 3 aromatic carbocycles. The molecule has 1 atom stereocenters. The predicted octanol–water partition coefficient (Wildman–Crippen LogP) is 4.05. The highest BCUT2D eigenvalue weighted by Crippen LogP contribution is 2.20. The highest BCUT2D eigenvalue weighted by molar-refractivity contribution is 6.06. The lowest BCUT2D eigenvalue weighted by Crippen LogP contribution is -2.37. The van der Waals surface area contributed by atoms with Crippen molar-refractivity contribution in [3.63, 3.8) is 0 Å². The summed E-state index contributed by atoms with van der Waals surface area (Å²) in [6.45, 7) is 1.59. The average Bonchev–Trinajstić information content (AvgIpc) is 2.66. The summed E-state index contributed by atoms with van der Waals surface area (Å²) in [6, 6.07) is 22.3. The van der Waals surface area contributed by atoms with Gasteiger partial charge in [-0.1, -0.05) is 54.6 Å². The molecule has 4 heteroatoms. The van der Waals surface area contributed by atoms with E-state index in [-0.39, 0.29) is 5.91 Å². The number of benzene rings is 3. The number of hydrogen-bond donors (Lipinski definition) is 0. The Hall–Kier alpha value is -3.14. The molecule has 0 unspecified atom stereocenters. The number of ether oxygens (including phenoxy) is 1. The molecular weight excluding hydrogens is 314 g/mol. The van der Waals surface area contributed by atoms with E-state index >= 15 is 0 Å². The fourth-order valence-electron chi connectivity index (χ4n) is 2.73.